The van der Waals surface area contributed by atoms with E-state index in [-0.39, 0.29) is 17.3 Å². The number of hydrogen-bond acceptors (Lipinski definition) is 6. The summed E-state index contributed by atoms with van der Waals surface area (Å²) in [5, 5.41) is 2.97. The van der Waals surface area contributed by atoms with Gasteiger partial charge in [0.1, 0.15) is 0 Å². The zero-order valence-electron chi connectivity index (χ0n) is 8.40. The van der Waals surface area contributed by atoms with Crippen molar-refractivity contribution in [3.8, 4) is 0 Å². The highest BCUT2D eigenvalue weighted by Crippen LogP contribution is 2.08. The smallest absolute Gasteiger partial charge is 0.229 e. The quantitative estimate of drug-likeness (QED) is 0.797. The molecule has 0 bridgehead atoms. The number of nitrogens with zero attached hydrogens (tertiary/aromatic N) is 3. The van der Waals surface area contributed by atoms with Crippen LogP contribution in [0.5, 0.6) is 0 Å². The molecule has 1 aromatic heterocycles. The Morgan fingerprint density at radius 2 is 2.20 bits per heavy atom. The lowest BCUT2D eigenvalue weighted by molar-refractivity contribution is 0.682. The van der Waals surface area contributed by atoms with Crippen LogP contribution in [0.25, 0.3) is 0 Å². The van der Waals surface area contributed by atoms with Crippen LogP contribution < -0.4 is 11.1 Å². The van der Waals surface area contributed by atoms with Crippen molar-refractivity contribution in [2.24, 2.45) is 0 Å². The maximum Gasteiger partial charge on any atom is 0.229 e. The SMILES string of the molecule is CC(CS(C)=O)Nc1nc(N)nc(Cl)n1. The van der Waals surface area contributed by atoms with Gasteiger partial charge in [-0.15, -0.1) is 0 Å². The fourth-order valence-electron chi connectivity index (χ4n) is 1.04. The van der Waals surface area contributed by atoms with Gasteiger partial charge < -0.3 is 11.1 Å². The van der Waals surface area contributed by atoms with E-state index in [1.165, 1.54) is 0 Å². The maximum absolute atomic E-state index is 10.9. The first-order valence-corrected chi connectivity index (χ1v) is 6.31. The number of anilines is 2. The molecule has 0 fully saturated rings. The van der Waals surface area contributed by atoms with E-state index in [2.05, 4.69) is 20.3 Å². The van der Waals surface area contributed by atoms with Crippen LogP contribution in [-0.4, -0.2) is 37.2 Å². The Morgan fingerprint density at radius 3 is 2.73 bits per heavy atom. The van der Waals surface area contributed by atoms with Gasteiger partial charge in [0.2, 0.25) is 17.2 Å². The molecule has 0 radical (unpaired) electrons. The molecule has 0 aliphatic heterocycles. The van der Waals surface area contributed by atoms with Gasteiger partial charge in [0.15, 0.2) is 0 Å². The fraction of sp³-hybridized carbons (Fsp3) is 0.571. The van der Waals surface area contributed by atoms with Crippen molar-refractivity contribution < 1.29 is 4.21 Å². The molecule has 84 valence electrons. The van der Waals surface area contributed by atoms with Gasteiger partial charge in [0.05, 0.1) is 0 Å². The molecule has 1 aromatic rings. The third-order valence-corrected chi connectivity index (χ3v) is 2.62. The summed E-state index contributed by atoms with van der Waals surface area (Å²) in [7, 11) is -0.878. The van der Waals surface area contributed by atoms with Gasteiger partial charge in [-0.3, -0.25) is 4.21 Å². The number of nitrogens with two attached hydrogens (primary N) is 1. The minimum atomic E-state index is -0.878. The molecule has 0 spiro atoms. The molecule has 1 heterocycles. The van der Waals surface area contributed by atoms with E-state index in [0.29, 0.717) is 11.7 Å². The van der Waals surface area contributed by atoms with Crippen LogP contribution >= 0.6 is 11.6 Å². The summed E-state index contributed by atoms with van der Waals surface area (Å²) in [6.45, 7) is 1.87. The van der Waals surface area contributed by atoms with E-state index >= 15 is 0 Å². The second kappa shape index (κ2) is 5.22. The van der Waals surface area contributed by atoms with Crippen LogP contribution in [0.2, 0.25) is 5.28 Å². The lowest BCUT2D eigenvalue weighted by Gasteiger charge is -2.11. The van der Waals surface area contributed by atoms with Gasteiger partial charge in [-0.25, -0.2) is 0 Å². The van der Waals surface area contributed by atoms with Gasteiger partial charge in [-0.05, 0) is 18.5 Å². The van der Waals surface area contributed by atoms with Crippen LogP contribution in [-0.2, 0) is 10.8 Å². The van der Waals surface area contributed by atoms with Crippen molar-refractivity contribution in [1.82, 2.24) is 15.0 Å². The van der Waals surface area contributed by atoms with Crippen molar-refractivity contribution in [2.45, 2.75) is 13.0 Å². The predicted octanol–water partition coefficient (Wildman–Crippen LogP) is 0.286. The molecular weight excluding hydrogens is 238 g/mol. The van der Waals surface area contributed by atoms with E-state index in [0.717, 1.165) is 0 Å². The zero-order chi connectivity index (χ0) is 11.4. The lowest BCUT2D eigenvalue weighted by atomic mass is 10.4. The largest absolute Gasteiger partial charge is 0.368 e. The zero-order valence-corrected chi connectivity index (χ0v) is 9.97. The first-order chi connectivity index (χ1) is 6.97. The van der Waals surface area contributed by atoms with Crippen LogP contribution in [0.15, 0.2) is 0 Å². The van der Waals surface area contributed by atoms with Crippen molar-refractivity contribution in [3.05, 3.63) is 5.28 Å². The third-order valence-electron chi connectivity index (χ3n) is 1.49. The standard InChI is InChI=1S/C7H12ClN5OS/c1-4(3-15(2)14)10-7-12-5(8)11-6(9)13-7/h4H,3H2,1-2H3,(H3,9,10,11,12,13). The lowest BCUT2D eigenvalue weighted by Crippen LogP contribution is -2.23. The average Bonchev–Trinajstić information content (AvgIpc) is 1.98. The maximum atomic E-state index is 10.9. The van der Waals surface area contributed by atoms with Crippen molar-refractivity contribution in [2.75, 3.05) is 23.1 Å². The second-order valence-electron chi connectivity index (χ2n) is 3.07. The Kier molecular flexibility index (Phi) is 4.22. The Labute approximate surface area is 95.1 Å². The highest BCUT2D eigenvalue weighted by molar-refractivity contribution is 7.84. The molecule has 1 rings (SSSR count). The fourth-order valence-corrected chi connectivity index (χ4v) is 2.00. The van der Waals surface area contributed by atoms with E-state index in [1.54, 1.807) is 6.26 Å². The molecule has 3 N–H and O–H groups in total. The average molecular weight is 250 g/mol. The summed E-state index contributed by atoms with van der Waals surface area (Å²) in [5.41, 5.74) is 5.39. The summed E-state index contributed by atoms with van der Waals surface area (Å²) >= 11 is 5.60. The number of rotatable bonds is 4. The normalized spacial score (nSPS) is 14.6. The summed E-state index contributed by atoms with van der Waals surface area (Å²) < 4.78 is 10.9. The molecule has 0 aliphatic rings. The van der Waals surface area contributed by atoms with Gasteiger partial charge in [0, 0.05) is 28.9 Å². The molecule has 8 heteroatoms. The van der Waals surface area contributed by atoms with Crippen molar-refractivity contribution in [1.29, 1.82) is 0 Å². The number of halogens is 1. The Morgan fingerprint density at radius 1 is 1.53 bits per heavy atom. The minimum Gasteiger partial charge on any atom is -0.368 e. The molecule has 0 amide bonds. The Hall–Kier alpha value is -0.950. The molecule has 2 unspecified atom stereocenters. The van der Waals surface area contributed by atoms with Gasteiger partial charge in [0.25, 0.3) is 0 Å². The van der Waals surface area contributed by atoms with E-state index < -0.39 is 10.8 Å². The topological polar surface area (TPSA) is 93.8 Å². The third kappa shape index (κ3) is 4.39. The monoisotopic (exact) mass is 249 g/mol. The Balaban J connectivity index is 2.67. The molecule has 6 nitrogen and oxygen atoms in total. The van der Waals surface area contributed by atoms with Crippen LogP contribution in [0.4, 0.5) is 11.9 Å². The van der Waals surface area contributed by atoms with E-state index in [4.69, 9.17) is 17.3 Å². The highest BCUT2D eigenvalue weighted by Gasteiger charge is 2.07. The van der Waals surface area contributed by atoms with Gasteiger partial charge >= 0.3 is 0 Å². The number of nitrogens with one attached hydrogen (secondary N) is 1. The second-order valence-corrected chi connectivity index (χ2v) is 4.89. The van der Waals surface area contributed by atoms with E-state index in [9.17, 15) is 4.21 Å². The molecule has 15 heavy (non-hydrogen) atoms. The molecule has 0 saturated carbocycles. The first-order valence-electron chi connectivity index (χ1n) is 4.21. The summed E-state index contributed by atoms with van der Waals surface area (Å²) in [6, 6.07) is -0.0197. The molecule has 2 atom stereocenters. The summed E-state index contributed by atoms with van der Waals surface area (Å²) in [4.78, 5) is 11.3. The van der Waals surface area contributed by atoms with Crippen molar-refractivity contribution >= 4 is 34.3 Å². The van der Waals surface area contributed by atoms with Gasteiger partial charge in [-0.2, -0.15) is 15.0 Å². The summed E-state index contributed by atoms with van der Waals surface area (Å²) in [5.74, 6) is 0.858. The molecular formula is C7H12ClN5OS. The Bertz CT molecular complexity index is 354. The van der Waals surface area contributed by atoms with Crippen LogP contribution in [0.3, 0.4) is 0 Å². The van der Waals surface area contributed by atoms with E-state index in [1.807, 2.05) is 6.92 Å². The van der Waals surface area contributed by atoms with Crippen LogP contribution in [0.1, 0.15) is 6.92 Å². The number of nitrogen functional groups attached to an aromatic ring is 1. The molecule has 0 aromatic carbocycles. The minimum absolute atomic E-state index is 0.0197. The predicted molar refractivity (Wildman–Crippen MR) is 61.3 cm³/mol. The summed E-state index contributed by atoms with van der Waals surface area (Å²) in [6.07, 6.45) is 1.63. The molecule has 0 saturated heterocycles. The van der Waals surface area contributed by atoms with Crippen LogP contribution in [0, 0.1) is 0 Å². The first kappa shape index (κ1) is 12.1. The number of hydrogen-bond donors (Lipinski definition) is 2. The van der Waals surface area contributed by atoms with Gasteiger partial charge in [-0.1, -0.05) is 0 Å². The number of aromatic nitrogens is 3. The molecule has 0 aliphatic carbocycles. The highest BCUT2D eigenvalue weighted by atomic mass is 35.5. The van der Waals surface area contributed by atoms with Crippen molar-refractivity contribution in [3.63, 3.8) is 0 Å².